The first-order valence-electron chi connectivity index (χ1n) is 7.29. The molecule has 0 amide bonds. The number of esters is 1. The molecule has 0 atom stereocenters. The van der Waals surface area contributed by atoms with E-state index in [0.717, 1.165) is 32.2 Å². The van der Waals surface area contributed by atoms with Gasteiger partial charge >= 0.3 is 12.1 Å². The maximum atomic E-state index is 13.4. The van der Waals surface area contributed by atoms with E-state index in [9.17, 15) is 27.2 Å². The Kier molecular flexibility index (Phi) is 5.34. The number of halogens is 4. The molecule has 0 aromatic heterocycles. The summed E-state index contributed by atoms with van der Waals surface area (Å²) in [5.74, 6) is -2.73. The van der Waals surface area contributed by atoms with E-state index in [2.05, 4.69) is 4.74 Å². The number of hydrogen-bond acceptors (Lipinski definition) is 4. The summed E-state index contributed by atoms with van der Waals surface area (Å²) < 4.78 is 63.0. The number of rotatable bonds is 4. The van der Waals surface area contributed by atoms with Crippen molar-refractivity contribution in [1.82, 2.24) is 0 Å². The average Bonchev–Trinajstić information content (AvgIpc) is 2.58. The number of benzene rings is 2. The zero-order valence-electron chi connectivity index (χ0n) is 14.0. The van der Waals surface area contributed by atoms with Gasteiger partial charge in [0, 0.05) is 22.8 Å². The van der Waals surface area contributed by atoms with E-state index in [-0.39, 0.29) is 16.9 Å². The lowest BCUT2D eigenvalue weighted by Gasteiger charge is -2.18. The molecule has 26 heavy (non-hydrogen) atoms. The minimum Gasteiger partial charge on any atom is -0.496 e. The molecule has 0 bridgehead atoms. The van der Waals surface area contributed by atoms with Crippen LogP contribution in [0.25, 0.3) is 11.1 Å². The third kappa shape index (κ3) is 3.54. The number of hydrogen-bond donors (Lipinski definition) is 0. The molecule has 0 aliphatic rings. The van der Waals surface area contributed by atoms with Crippen molar-refractivity contribution < 1.29 is 36.6 Å². The van der Waals surface area contributed by atoms with E-state index in [1.54, 1.807) is 0 Å². The fraction of sp³-hybridized carbons (Fsp3) is 0.222. The zero-order chi connectivity index (χ0) is 19.6. The van der Waals surface area contributed by atoms with Crippen molar-refractivity contribution in [1.29, 1.82) is 0 Å². The molecular formula is C18H14F4O4. The second-order valence-corrected chi connectivity index (χ2v) is 5.30. The quantitative estimate of drug-likeness (QED) is 0.451. The Balaban J connectivity index is 2.94. The van der Waals surface area contributed by atoms with Crippen LogP contribution in [0.3, 0.4) is 0 Å². The highest BCUT2D eigenvalue weighted by molar-refractivity contribution is 6.10. The van der Waals surface area contributed by atoms with Crippen LogP contribution in [-0.4, -0.2) is 26.0 Å². The van der Waals surface area contributed by atoms with Crippen LogP contribution >= 0.6 is 0 Å². The molecule has 2 aromatic rings. The summed E-state index contributed by atoms with van der Waals surface area (Å²) in [6, 6.07) is 5.04. The van der Waals surface area contributed by atoms with Gasteiger partial charge in [-0.05, 0) is 25.1 Å². The van der Waals surface area contributed by atoms with E-state index in [4.69, 9.17) is 4.74 Å². The van der Waals surface area contributed by atoms with Crippen LogP contribution in [0, 0.1) is 5.82 Å². The topological polar surface area (TPSA) is 52.6 Å². The van der Waals surface area contributed by atoms with Gasteiger partial charge in [0.2, 0.25) is 0 Å². The third-order valence-corrected chi connectivity index (χ3v) is 3.71. The Labute approximate surface area is 146 Å². The van der Waals surface area contributed by atoms with Gasteiger partial charge in [-0.1, -0.05) is 6.07 Å². The molecule has 0 unspecified atom stereocenters. The summed E-state index contributed by atoms with van der Waals surface area (Å²) in [6.07, 6.45) is -4.85. The van der Waals surface area contributed by atoms with Crippen molar-refractivity contribution in [3.05, 3.63) is 52.8 Å². The smallest absolute Gasteiger partial charge is 0.417 e. The van der Waals surface area contributed by atoms with Crippen molar-refractivity contribution in [2.75, 3.05) is 14.2 Å². The lowest BCUT2D eigenvalue weighted by Crippen LogP contribution is -2.18. The van der Waals surface area contributed by atoms with Crippen LogP contribution in [0.5, 0.6) is 5.75 Å². The van der Waals surface area contributed by atoms with E-state index < -0.39 is 40.4 Å². The molecule has 0 aliphatic carbocycles. The number of carbonyl (C=O) groups is 2. The second kappa shape index (κ2) is 7.15. The van der Waals surface area contributed by atoms with Gasteiger partial charge in [0.05, 0.1) is 25.3 Å². The zero-order valence-corrected chi connectivity index (χ0v) is 14.0. The molecule has 0 saturated heterocycles. The van der Waals surface area contributed by atoms with E-state index >= 15 is 0 Å². The fourth-order valence-electron chi connectivity index (χ4n) is 2.63. The van der Waals surface area contributed by atoms with E-state index in [0.29, 0.717) is 6.07 Å². The molecule has 0 heterocycles. The predicted octanol–water partition coefficient (Wildman–Crippen LogP) is 4.51. The van der Waals surface area contributed by atoms with E-state index in [1.807, 2.05) is 0 Å². The van der Waals surface area contributed by atoms with Crippen molar-refractivity contribution >= 4 is 11.8 Å². The predicted molar refractivity (Wildman–Crippen MR) is 84.7 cm³/mol. The summed E-state index contributed by atoms with van der Waals surface area (Å²) in [6.45, 7) is 0.919. The van der Waals surface area contributed by atoms with Gasteiger partial charge in [0.1, 0.15) is 11.6 Å². The van der Waals surface area contributed by atoms with Gasteiger partial charge in [-0.15, -0.1) is 0 Å². The minimum absolute atomic E-state index is 0.00980. The van der Waals surface area contributed by atoms with E-state index in [1.165, 1.54) is 13.2 Å². The molecule has 0 saturated carbocycles. The number of ether oxygens (including phenoxy) is 2. The van der Waals surface area contributed by atoms with Crippen molar-refractivity contribution in [2.45, 2.75) is 13.1 Å². The molecule has 0 aliphatic heterocycles. The Bertz CT molecular complexity index is 872. The number of ketones is 1. The van der Waals surface area contributed by atoms with Crippen LogP contribution < -0.4 is 4.74 Å². The molecule has 138 valence electrons. The fourth-order valence-corrected chi connectivity index (χ4v) is 2.63. The second-order valence-electron chi connectivity index (χ2n) is 5.30. The summed E-state index contributed by atoms with van der Waals surface area (Å²) >= 11 is 0. The highest BCUT2D eigenvalue weighted by atomic mass is 19.4. The van der Waals surface area contributed by atoms with Crippen LogP contribution in [0.1, 0.15) is 33.2 Å². The van der Waals surface area contributed by atoms with Gasteiger partial charge in [0.25, 0.3) is 0 Å². The van der Waals surface area contributed by atoms with Crippen LogP contribution in [-0.2, 0) is 10.9 Å². The van der Waals surface area contributed by atoms with Gasteiger partial charge in [0.15, 0.2) is 5.78 Å². The Morgan fingerprint density at radius 2 is 1.58 bits per heavy atom. The van der Waals surface area contributed by atoms with Gasteiger partial charge in [-0.2, -0.15) is 13.2 Å². The van der Waals surface area contributed by atoms with Gasteiger partial charge in [-0.25, -0.2) is 9.18 Å². The molecular weight excluding hydrogens is 356 g/mol. The first kappa shape index (κ1) is 19.4. The summed E-state index contributed by atoms with van der Waals surface area (Å²) in [5.41, 5.74) is -2.51. The highest BCUT2D eigenvalue weighted by Crippen LogP contribution is 2.40. The monoisotopic (exact) mass is 370 g/mol. The molecule has 0 fully saturated rings. The van der Waals surface area contributed by atoms with Crippen LogP contribution in [0.2, 0.25) is 0 Å². The maximum absolute atomic E-state index is 13.4. The molecule has 0 spiro atoms. The number of Topliss-reactive ketones (excluding diaryl/α,β-unsaturated/α-hetero) is 1. The van der Waals surface area contributed by atoms with Crippen LogP contribution in [0.15, 0.2) is 30.3 Å². The van der Waals surface area contributed by atoms with Crippen molar-refractivity contribution in [2.24, 2.45) is 0 Å². The first-order chi connectivity index (χ1) is 12.1. The largest absolute Gasteiger partial charge is 0.496 e. The maximum Gasteiger partial charge on any atom is 0.417 e. The normalized spacial score (nSPS) is 11.2. The highest BCUT2D eigenvalue weighted by Gasteiger charge is 2.38. The SMILES string of the molecule is COC(=O)c1c(-c2ccc(F)cc2OC)ccc(C(F)(F)F)c1C(C)=O. The lowest BCUT2D eigenvalue weighted by molar-refractivity contribution is -0.137. The average molecular weight is 370 g/mol. The third-order valence-electron chi connectivity index (χ3n) is 3.71. The minimum atomic E-state index is -4.85. The summed E-state index contributed by atoms with van der Waals surface area (Å²) in [4.78, 5) is 24.2. The van der Waals surface area contributed by atoms with Crippen molar-refractivity contribution in [3.63, 3.8) is 0 Å². The molecule has 4 nitrogen and oxygen atoms in total. The number of methoxy groups -OCH3 is 2. The summed E-state index contributed by atoms with van der Waals surface area (Å²) in [7, 11) is 2.23. The van der Waals surface area contributed by atoms with Gasteiger partial charge in [-0.3, -0.25) is 4.79 Å². The standard InChI is InChI=1S/C18H14F4O4/c1-9(23)15-13(18(20,21)22)7-6-12(16(15)17(24)26-3)11-5-4-10(19)8-14(11)25-2/h4-8H,1-3H3. The van der Waals surface area contributed by atoms with Crippen molar-refractivity contribution in [3.8, 4) is 16.9 Å². The first-order valence-corrected chi connectivity index (χ1v) is 7.29. The molecule has 2 aromatic carbocycles. The van der Waals surface area contributed by atoms with Gasteiger partial charge < -0.3 is 9.47 Å². The number of alkyl halides is 3. The molecule has 2 rings (SSSR count). The molecule has 0 N–H and O–H groups in total. The molecule has 8 heteroatoms. The van der Waals surface area contributed by atoms with Crippen LogP contribution in [0.4, 0.5) is 17.6 Å². The Morgan fingerprint density at radius 3 is 2.08 bits per heavy atom. The molecule has 0 radical (unpaired) electrons. The Morgan fingerprint density at radius 1 is 0.962 bits per heavy atom. The summed E-state index contributed by atoms with van der Waals surface area (Å²) in [5, 5.41) is 0. The number of carbonyl (C=O) groups excluding carboxylic acids is 2. The Hall–Kier alpha value is -2.90. The lowest BCUT2D eigenvalue weighted by atomic mass is 9.89.